The van der Waals surface area contributed by atoms with Gasteiger partial charge in [-0.1, -0.05) is 25.1 Å². The van der Waals surface area contributed by atoms with E-state index in [1.807, 2.05) is 32.0 Å². The first kappa shape index (κ1) is 18.7. The minimum atomic E-state index is -0.877. The Morgan fingerprint density at radius 1 is 1.24 bits per heavy atom. The number of rotatable bonds is 7. The van der Waals surface area contributed by atoms with Gasteiger partial charge in [-0.3, -0.25) is 0 Å². The van der Waals surface area contributed by atoms with E-state index in [0.717, 1.165) is 23.2 Å². The summed E-state index contributed by atoms with van der Waals surface area (Å²) in [6.45, 7) is 3.99. The summed E-state index contributed by atoms with van der Waals surface area (Å²) >= 11 is 0. The standard InChI is InChI=1S/C19H23FN2O3/c1-3-14-6-4-5-13(2)18(14)22-19(24)21-11-16(23)12-25-17-9-7-15(20)8-10-17/h4-10,16,23H,3,11-12H2,1-2H3,(H2,21,22,24). The van der Waals surface area contributed by atoms with Crippen molar-refractivity contribution in [3.8, 4) is 5.75 Å². The number of aryl methyl sites for hydroxylation is 2. The molecule has 2 amide bonds. The van der Waals surface area contributed by atoms with Crippen LogP contribution in [0.4, 0.5) is 14.9 Å². The fourth-order valence-electron chi connectivity index (χ4n) is 2.35. The number of anilines is 1. The van der Waals surface area contributed by atoms with Crippen LogP contribution in [-0.2, 0) is 6.42 Å². The van der Waals surface area contributed by atoms with E-state index in [0.29, 0.717) is 5.75 Å². The molecule has 1 unspecified atom stereocenters. The second-order valence-corrected chi connectivity index (χ2v) is 5.72. The van der Waals surface area contributed by atoms with Crippen molar-refractivity contribution in [1.82, 2.24) is 5.32 Å². The van der Waals surface area contributed by atoms with Gasteiger partial charge in [0.05, 0.1) is 0 Å². The third kappa shape index (κ3) is 5.76. The molecule has 0 radical (unpaired) electrons. The van der Waals surface area contributed by atoms with E-state index in [1.54, 1.807) is 0 Å². The molecule has 0 aromatic heterocycles. The molecule has 25 heavy (non-hydrogen) atoms. The molecule has 0 heterocycles. The van der Waals surface area contributed by atoms with Gasteiger partial charge in [0.25, 0.3) is 0 Å². The predicted molar refractivity (Wildman–Crippen MR) is 95.5 cm³/mol. The van der Waals surface area contributed by atoms with E-state index in [9.17, 15) is 14.3 Å². The van der Waals surface area contributed by atoms with E-state index in [2.05, 4.69) is 10.6 Å². The maximum absolute atomic E-state index is 12.8. The van der Waals surface area contributed by atoms with Gasteiger partial charge in [-0.25, -0.2) is 9.18 Å². The quantitative estimate of drug-likeness (QED) is 0.721. The number of carbonyl (C=O) groups is 1. The number of hydrogen-bond donors (Lipinski definition) is 3. The van der Waals surface area contributed by atoms with Crippen molar-refractivity contribution in [1.29, 1.82) is 0 Å². The Labute approximate surface area is 146 Å². The van der Waals surface area contributed by atoms with E-state index < -0.39 is 6.10 Å². The number of benzene rings is 2. The highest BCUT2D eigenvalue weighted by molar-refractivity contribution is 5.91. The van der Waals surface area contributed by atoms with Gasteiger partial charge >= 0.3 is 6.03 Å². The molecule has 3 N–H and O–H groups in total. The Balaban J connectivity index is 1.78. The van der Waals surface area contributed by atoms with Crippen molar-refractivity contribution in [2.24, 2.45) is 0 Å². The Morgan fingerprint density at radius 2 is 1.96 bits per heavy atom. The van der Waals surface area contributed by atoms with Gasteiger partial charge < -0.3 is 20.5 Å². The SMILES string of the molecule is CCc1cccc(C)c1NC(=O)NCC(O)COc1ccc(F)cc1. The monoisotopic (exact) mass is 346 g/mol. The summed E-state index contributed by atoms with van der Waals surface area (Å²) in [4.78, 5) is 12.0. The third-order valence-corrected chi connectivity index (χ3v) is 3.73. The Hall–Kier alpha value is -2.60. The number of aliphatic hydroxyl groups excluding tert-OH is 1. The minimum absolute atomic E-state index is 0.00348. The highest BCUT2D eigenvalue weighted by Gasteiger charge is 2.11. The summed E-state index contributed by atoms with van der Waals surface area (Å²) < 4.78 is 18.1. The first-order valence-corrected chi connectivity index (χ1v) is 8.19. The molecule has 2 aromatic rings. The molecule has 0 aliphatic carbocycles. The first-order chi connectivity index (χ1) is 12.0. The molecular formula is C19H23FN2O3. The van der Waals surface area contributed by atoms with E-state index in [4.69, 9.17) is 4.74 Å². The lowest BCUT2D eigenvalue weighted by atomic mass is 10.1. The number of halogens is 1. The average Bonchev–Trinajstić information content (AvgIpc) is 2.61. The van der Waals surface area contributed by atoms with Crippen LogP contribution >= 0.6 is 0 Å². The van der Waals surface area contributed by atoms with Crippen LogP contribution in [0.15, 0.2) is 42.5 Å². The van der Waals surface area contributed by atoms with Crippen molar-refractivity contribution >= 4 is 11.7 Å². The maximum atomic E-state index is 12.8. The largest absolute Gasteiger partial charge is 0.491 e. The van der Waals surface area contributed by atoms with Crippen molar-refractivity contribution in [3.05, 3.63) is 59.4 Å². The van der Waals surface area contributed by atoms with Gasteiger partial charge in [0.2, 0.25) is 0 Å². The number of para-hydroxylation sites is 1. The Bertz CT molecular complexity index is 704. The number of aliphatic hydroxyl groups is 1. The highest BCUT2D eigenvalue weighted by atomic mass is 19.1. The van der Waals surface area contributed by atoms with Crippen LogP contribution in [0.1, 0.15) is 18.1 Å². The molecule has 6 heteroatoms. The van der Waals surface area contributed by atoms with Crippen LogP contribution < -0.4 is 15.4 Å². The van der Waals surface area contributed by atoms with Gasteiger partial charge in [-0.2, -0.15) is 0 Å². The van der Waals surface area contributed by atoms with Crippen LogP contribution in [0, 0.1) is 12.7 Å². The molecule has 134 valence electrons. The zero-order valence-electron chi connectivity index (χ0n) is 14.4. The Morgan fingerprint density at radius 3 is 2.64 bits per heavy atom. The summed E-state index contributed by atoms with van der Waals surface area (Å²) in [5.41, 5.74) is 2.82. The number of urea groups is 1. The number of hydrogen-bond acceptors (Lipinski definition) is 3. The van der Waals surface area contributed by atoms with Gasteiger partial charge in [0.1, 0.15) is 24.3 Å². The molecule has 0 bridgehead atoms. The van der Waals surface area contributed by atoms with Crippen molar-refractivity contribution in [3.63, 3.8) is 0 Å². The molecule has 0 fully saturated rings. The molecule has 0 spiro atoms. The number of carbonyl (C=O) groups excluding carboxylic acids is 1. The number of nitrogens with one attached hydrogen (secondary N) is 2. The number of amides is 2. The van der Waals surface area contributed by atoms with E-state index >= 15 is 0 Å². The molecule has 0 saturated carbocycles. The molecule has 2 rings (SSSR count). The third-order valence-electron chi connectivity index (χ3n) is 3.73. The van der Waals surface area contributed by atoms with Crippen LogP contribution in [0.25, 0.3) is 0 Å². The highest BCUT2D eigenvalue weighted by Crippen LogP contribution is 2.20. The second kappa shape index (κ2) is 9.03. The van der Waals surface area contributed by atoms with Crippen molar-refractivity contribution in [2.45, 2.75) is 26.4 Å². The molecule has 0 aliphatic rings. The van der Waals surface area contributed by atoms with E-state index in [1.165, 1.54) is 24.3 Å². The maximum Gasteiger partial charge on any atom is 0.319 e. The van der Waals surface area contributed by atoms with Gasteiger partial charge in [-0.05, 0) is 48.7 Å². The van der Waals surface area contributed by atoms with Crippen molar-refractivity contribution < 1.29 is 19.0 Å². The summed E-state index contributed by atoms with van der Waals surface area (Å²) in [7, 11) is 0. The zero-order valence-corrected chi connectivity index (χ0v) is 14.4. The van der Waals surface area contributed by atoms with Gasteiger partial charge in [-0.15, -0.1) is 0 Å². The summed E-state index contributed by atoms with van der Waals surface area (Å²) in [6.07, 6.45) is -0.0656. The molecule has 1 atom stereocenters. The molecule has 2 aromatic carbocycles. The summed E-state index contributed by atoms with van der Waals surface area (Å²) in [5, 5.41) is 15.3. The predicted octanol–water partition coefficient (Wildman–Crippen LogP) is 3.26. The van der Waals surface area contributed by atoms with Crippen molar-refractivity contribution in [2.75, 3.05) is 18.5 Å². The zero-order chi connectivity index (χ0) is 18.2. The fraction of sp³-hybridized carbons (Fsp3) is 0.316. The topological polar surface area (TPSA) is 70.6 Å². The van der Waals surface area contributed by atoms with Crippen LogP contribution in [0.2, 0.25) is 0 Å². The van der Waals surface area contributed by atoms with Gasteiger partial charge in [0, 0.05) is 12.2 Å². The van der Waals surface area contributed by atoms with Crippen LogP contribution in [0.3, 0.4) is 0 Å². The van der Waals surface area contributed by atoms with Crippen LogP contribution in [0.5, 0.6) is 5.75 Å². The average molecular weight is 346 g/mol. The van der Waals surface area contributed by atoms with Gasteiger partial charge in [0.15, 0.2) is 0 Å². The lowest BCUT2D eigenvalue weighted by Crippen LogP contribution is -2.38. The summed E-state index contributed by atoms with van der Waals surface area (Å²) in [5.74, 6) is 0.103. The minimum Gasteiger partial charge on any atom is -0.491 e. The second-order valence-electron chi connectivity index (χ2n) is 5.72. The summed E-state index contributed by atoms with van der Waals surface area (Å²) in [6, 6.07) is 11.0. The van der Waals surface area contributed by atoms with Crippen LogP contribution in [-0.4, -0.2) is 30.4 Å². The fourth-order valence-corrected chi connectivity index (χ4v) is 2.35. The molecule has 0 aliphatic heterocycles. The lowest BCUT2D eigenvalue weighted by Gasteiger charge is -2.16. The lowest BCUT2D eigenvalue weighted by molar-refractivity contribution is 0.108. The normalized spacial score (nSPS) is 11.7. The molecular weight excluding hydrogens is 323 g/mol. The van der Waals surface area contributed by atoms with E-state index in [-0.39, 0.29) is 25.0 Å². The molecule has 5 nitrogen and oxygen atoms in total. The Kier molecular flexibility index (Phi) is 6.77. The first-order valence-electron chi connectivity index (χ1n) is 8.19. The smallest absolute Gasteiger partial charge is 0.319 e. The molecule has 0 saturated heterocycles. The number of ether oxygens (including phenoxy) is 1.